The van der Waals surface area contributed by atoms with Crippen LogP contribution in [0.25, 0.3) is 0 Å². The fraction of sp³-hybridized carbons (Fsp3) is 0.846. The van der Waals surface area contributed by atoms with Gasteiger partial charge in [0.1, 0.15) is 5.78 Å². The molecule has 0 aliphatic rings. The summed E-state index contributed by atoms with van der Waals surface area (Å²) in [4.78, 5) is 21.8. The van der Waals surface area contributed by atoms with Crippen molar-refractivity contribution in [2.24, 2.45) is 5.92 Å². The zero-order chi connectivity index (χ0) is 12.4. The van der Waals surface area contributed by atoms with Gasteiger partial charge in [-0.3, -0.25) is 4.79 Å². The largest absolute Gasteiger partial charge is 0.466 e. The van der Waals surface area contributed by atoms with E-state index in [1.165, 1.54) is 26.2 Å². The number of ether oxygens (including phenoxy) is 1. The first kappa shape index (κ1) is 15.1. The maximum atomic E-state index is 11.0. The van der Waals surface area contributed by atoms with Crippen LogP contribution >= 0.6 is 0 Å². The van der Waals surface area contributed by atoms with Gasteiger partial charge in [0.2, 0.25) is 0 Å². The molecule has 0 amide bonds. The first-order chi connectivity index (χ1) is 7.56. The molecule has 0 spiro atoms. The van der Waals surface area contributed by atoms with Crippen LogP contribution < -0.4 is 0 Å². The Balaban J connectivity index is 3.80. The topological polar surface area (TPSA) is 43.4 Å². The minimum atomic E-state index is -0.262. The van der Waals surface area contributed by atoms with Crippen molar-refractivity contribution in [1.82, 2.24) is 0 Å². The normalized spacial score (nSPS) is 12.2. The third kappa shape index (κ3) is 9.69. The maximum Gasteiger partial charge on any atom is 0.302 e. The van der Waals surface area contributed by atoms with Crippen molar-refractivity contribution in [2.45, 2.75) is 59.3 Å². The van der Waals surface area contributed by atoms with Crippen LogP contribution in [-0.4, -0.2) is 18.4 Å². The molecule has 94 valence electrons. The van der Waals surface area contributed by atoms with Gasteiger partial charge in [-0.1, -0.05) is 32.6 Å². The van der Waals surface area contributed by atoms with Crippen molar-refractivity contribution in [1.29, 1.82) is 0 Å². The standard InChI is InChI=1S/C13H24O3/c1-4-5-6-7-8-13(9-11(2)14)10-16-12(3)15/h13H,4-10H2,1-3H3. The van der Waals surface area contributed by atoms with Crippen LogP contribution in [-0.2, 0) is 14.3 Å². The molecular formula is C13H24O3. The highest BCUT2D eigenvalue weighted by atomic mass is 16.5. The van der Waals surface area contributed by atoms with Gasteiger partial charge in [0.25, 0.3) is 0 Å². The Morgan fingerprint density at radius 1 is 1.12 bits per heavy atom. The van der Waals surface area contributed by atoms with E-state index in [1.54, 1.807) is 6.92 Å². The van der Waals surface area contributed by atoms with Crippen LogP contribution in [0.5, 0.6) is 0 Å². The average Bonchev–Trinajstić information content (AvgIpc) is 2.19. The molecule has 16 heavy (non-hydrogen) atoms. The summed E-state index contributed by atoms with van der Waals surface area (Å²) in [7, 11) is 0. The Morgan fingerprint density at radius 2 is 1.81 bits per heavy atom. The summed E-state index contributed by atoms with van der Waals surface area (Å²) in [6, 6.07) is 0. The van der Waals surface area contributed by atoms with Crippen molar-refractivity contribution in [3.8, 4) is 0 Å². The van der Waals surface area contributed by atoms with Gasteiger partial charge in [-0.05, 0) is 19.3 Å². The van der Waals surface area contributed by atoms with Gasteiger partial charge in [-0.25, -0.2) is 0 Å². The molecule has 0 fully saturated rings. The molecule has 3 nitrogen and oxygen atoms in total. The Hall–Kier alpha value is -0.860. The third-order valence-corrected chi connectivity index (χ3v) is 2.56. The lowest BCUT2D eigenvalue weighted by Gasteiger charge is -2.14. The van der Waals surface area contributed by atoms with Crippen molar-refractivity contribution >= 4 is 11.8 Å². The highest BCUT2D eigenvalue weighted by Crippen LogP contribution is 2.15. The number of rotatable bonds is 9. The summed E-state index contributed by atoms with van der Waals surface area (Å²) < 4.78 is 4.97. The quantitative estimate of drug-likeness (QED) is 0.450. The van der Waals surface area contributed by atoms with Gasteiger partial charge in [-0.15, -0.1) is 0 Å². The van der Waals surface area contributed by atoms with Crippen LogP contribution in [0.3, 0.4) is 0 Å². The summed E-state index contributed by atoms with van der Waals surface area (Å²) in [5, 5.41) is 0. The minimum absolute atomic E-state index is 0.174. The van der Waals surface area contributed by atoms with Crippen molar-refractivity contribution in [2.75, 3.05) is 6.61 Å². The predicted molar refractivity (Wildman–Crippen MR) is 64.2 cm³/mol. The van der Waals surface area contributed by atoms with E-state index in [1.807, 2.05) is 0 Å². The first-order valence-electron chi connectivity index (χ1n) is 6.19. The number of esters is 1. The highest BCUT2D eigenvalue weighted by Gasteiger charge is 2.12. The smallest absolute Gasteiger partial charge is 0.302 e. The van der Waals surface area contributed by atoms with Crippen LogP contribution in [0.2, 0.25) is 0 Å². The van der Waals surface area contributed by atoms with Gasteiger partial charge in [0.15, 0.2) is 0 Å². The van der Waals surface area contributed by atoms with Gasteiger partial charge >= 0.3 is 5.97 Å². The van der Waals surface area contributed by atoms with Gasteiger partial charge < -0.3 is 9.53 Å². The molecule has 0 aromatic rings. The molecule has 0 aliphatic carbocycles. The number of carbonyl (C=O) groups excluding carboxylic acids is 2. The maximum absolute atomic E-state index is 11.0. The molecule has 0 bridgehead atoms. The highest BCUT2D eigenvalue weighted by molar-refractivity contribution is 5.75. The van der Waals surface area contributed by atoms with Crippen LogP contribution in [0, 0.1) is 5.92 Å². The number of hydrogen-bond acceptors (Lipinski definition) is 3. The number of carbonyl (C=O) groups is 2. The van der Waals surface area contributed by atoms with E-state index in [0.29, 0.717) is 13.0 Å². The molecule has 0 aromatic carbocycles. The summed E-state index contributed by atoms with van der Waals surface area (Å²) in [6.07, 6.45) is 6.27. The SMILES string of the molecule is CCCCCCC(COC(C)=O)CC(C)=O. The van der Waals surface area contributed by atoms with E-state index in [9.17, 15) is 9.59 Å². The predicted octanol–water partition coefficient (Wildman–Crippen LogP) is 3.12. The number of unbranched alkanes of at least 4 members (excludes halogenated alkanes) is 3. The summed E-state index contributed by atoms with van der Waals surface area (Å²) >= 11 is 0. The van der Waals surface area contributed by atoms with Crippen LogP contribution in [0.15, 0.2) is 0 Å². The molecule has 0 saturated carbocycles. The van der Waals surface area contributed by atoms with Crippen molar-refractivity contribution in [3.05, 3.63) is 0 Å². The third-order valence-electron chi connectivity index (χ3n) is 2.56. The summed E-state index contributed by atoms with van der Waals surface area (Å²) in [5.41, 5.74) is 0. The van der Waals surface area contributed by atoms with E-state index in [0.717, 1.165) is 12.8 Å². The second-order valence-corrected chi connectivity index (χ2v) is 4.42. The lowest BCUT2D eigenvalue weighted by Crippen LogP contribution is -2.15. The fourth-order valence-electron chi connectivity index (χ4n) is 1.75. The van der Waals surface area contributed by atoms with Crippen molar-refractivity contribution in [3.63, 3.8) is 0 Å². The van der Waals surface area contributed by atoms with E-state index in [-0.39, 0.29) is 17.7 Å². The van der Waals surface area contributed by atoms with E-state index >= 15 is 0 Å². The Labute approximate surface area is 98.6 Å². The summed E-state index contributed by atoms with van der Waals surface area (Å²) in [6.45, 7) is 5.56. The molecule has 0 radical (unpaired) electrons. The molecule has 0 saturated heterocycles. The second kappa shape index (κ2) is 9.37. The lowest BCUT2D eigenvalue weighted by atomic mass is 9.96. The molecule has 1 atom stereocenters. The lowest BCUT2D eigenvalue weighted by molar-refractivity contribution is -0.143. The molecule has 0 N–H and O–H groups in total. The molecule has 1 unspecified atom stereocenters. The van der Waals surface area contributed by atoms with E-state index in [4.69, 9.17) is 4.74 Å². The summed E-state index contributed by atoms with van der Waals surface area (Å²) in [5.74, 6) is 0.119. The first-order valence-corrected chi connectivity index (χ1v) is 6.19. The molecule has 0 rings (SSSR count). The molecule has 0 heterocycles. The second-order valence-electron chi connectivity index (χ2n) is 4.42. The molecule has 0 aromatic heterocycles. The van der Waals surface area contributed by atoms with Gasteiger partial charge in [-0.2, -0.15) is 0 Å². The van der Waals surface area contributed by atoms with Crippen LogP contribution in [0.1, 0.15) is 59.3 Å². The van der Waals surface area contributed by atoms with Crippen molar-refractivity contribution < 1.29 is 14.3 Å². The van der Waals surface area contributed by atoms with Gasteiger partial charge in [0.05, 0.1) is 6.61 Å². The number of hydrogen-bond donors (Lipinski definition) is 0. The average molecular weight is 228 g/mol. The Bertz CT molecular complexity index is 211. The van der Waals surface area contributed by atoms with Gasteiger partial charge in [0, 0.05) is 13.3 Å². The monoisotopic (exact) mass is 228 g/mol. The minimum Gasteiger partial charge on any atom is -0.466 e. The molecule has 0 aliphatic heterocycles. The fourth-order valence-corrected chi connectivity index (χ4v) is 1.75. The Morgan fingerprint density at radius 3 is 2.31 bits per heavy atom. The zero-order valence-corrected chi connectivity index (χ0v) is 10.8. The molecular weight excluding hydrogens is 204 g/mol. The van der Waals surface area contributed by atoms with E-state index < -0.39 is 0 Å². The number of Topliss-reactive ketones (excluding diaryl/α,β-unsaturated/α-hetero) is 1. The Kier molecular flexibility index (Phi) is 8.87. The zero-order valence-electron chi connectivity index (χ0n) is 10.8. The number of ketones is 1. The van der Waals surface area contributed by atoms with Crippen LogP contribution in [0.4, 0.5) is 0 Å². The van der Waals surface area contributed by atoms with E-state index in [2.05, 4.69) is 6.92 Å². The molecule has 3 heteroatoms.